The molecule has 1 aliphatic carbocycles. The number of benzene rings is 1. The number of hydrogen-bond donors (Lipinski definition) is 1. The molecule has 1 aromatic carbocycles. The van der Waals surface area contributed by atoms with Gasteiger partial charge in [-0.25, -0.2) is 9.97 Å². The summed E-state index contributed by atoms with van der Waals surface area (Å²) in [4.78, 5) is 8.53. The van der Waals surface area contributed by atoms with Gasteiger partial charge in [0.15, 0.2) is 0 Å². The van der Waals surface area contributed by atoms with Crippen LogP contribution in [-0.4, -0.2) is 9.97 Å². The molecule has 1 unspecified atom stereocenters. The van der Waals surface area contributed by atoms with Gasteiger partial charge in [0.2, 0.25) is 5.95 Å². The van der Waals surface area contributed by atoms with E-state index in [1.54, 1.807) is 0 Å². The molecule has 0 radical (unpaired) electrons. The normalized spacial score (nSPS) is 18.7. The maximum atomic E-state index is 5.70. The summed E-state index contributed by atoms with van der Waals surface area (Å²) in [6.45, 7) is 0. The summed E-state index contributed by atoms with van der Waals surface area (Å²) in [7, 11) is 0. The van der Waals surface area contributed by atoms with Gasteiger partial charge in [-0.3, -0.25) is 0 Å². The second kappa shape index (κ2) is 4.17. The van der Waals surface area contributed by atoms with Crippen molar-refractivity contribution in [3.63, 3.8) is 0 Å². The molecule has 86 valence electrons. The Morgan fingerprint density at radius 3 is 2.82 bits per heavy atom. The van der Waals surface area contributed by atoms with Crippen molar-refractivity contribution in [1.29, 1.82) is 0 Å². The Labute approximate surface area is 101 Å². The predicted molar refractivity (Wildman–Crippen MR) is 67.7 cm³/mol. The summed E-state index contributed by atoms with van der Waals surface area (Å²) >= 11 is 0. The van der Waals surface area contributed by atoms with Gasteiger partial charge >= 0.3 is 0 Å². The highest BCUT2D eigenvalue weighted by molar-refractivity contribution is 5.37. The fourth-order valence-corrected chi connectivity index (χ4v) is 2.57. The summed E-state index contributed by atoms with van der Waals surface area (Å²) in [5.74, 6) is 0.761. The third-order valence-electron chi connectivity index (χ3n) is 3.39. The van der Waals surface area contributed by atoms with Crippen molar-refractivity contribution < 1.29 is 0 Å². The molecule has 1 aliphatic rings. The average molecular weight is 225 g/mol. The van der Waals surface area contributed by atoms with Crippen LogP contribution in [0.1, 0.15) is 35.6 Å². The Kier molecular flexibility index (Phi) is 2.52. The Bertz CT molecular complexity index is 522. The standard InChI is InChI=1S/C14H15N3/c15-14-16-9-11-7-4-8-12(13(11)17-14)10-5-2-1-3-6-10/h1-3,5-6,9,12H,4,7-8H2,(H2,15,16,17). The molecule has 3 nitrogen and oxygen atoms in total. The number of aromatic nitrogens is 2. The number of nitrogen functional groups attached to an aromatic ring is 1. The van der Waals surface area contributed by atoms with E-state index in [4.69, 9.17) is 5.73 Å². The maximum Gasteiger partial charge on any atom is 0.220 e. The van der Waals surface area contributed by atoms with Crippen molar-refractivity contribution in [2.24, 2.45) is 0 Å². The molecule has 0 spiro atoms. The number of fused-ring (bicyclic) bond motifs is 1. The van der Waals surface area contributed by atoms with Crippen molar-refractivity contribution in [3.8, 4) is 0 Å². The summed E-state index contributed by atoms with van der Waals surface area (Å²) < 4.78 is 0. The molecule has 0 fully saturated rings. The minimum Gasteiger partial charge on any atom is -0.368 e. The van der Waals surface area contributed by atoms with Gasteiger partial charge in [0.1, 0.15) is 0 Å². The highest BCUT2D eigenvalue weighted by atomic mass is 15.0. The fourth-order valence-electron chi connectivity index (χ4n) is 2.57. The van der Waals surface area contributed by atoms with E-state index in [0.29, 0.717) is 11.9 Å². The molecule has 2 aromatic rings. The number of nitrogens with zero attached hydrogens (tertiary/aromatic N) is 2. The first kappa shape index (κ1) is 10.3. The molecule has 0 aliphatic heterocycles. The van der Waals surface area contributed by atoms with Crippen LogP contribution in [0.5, 0.6) is 0 Å². The number of hydrogen-bond acceptors (Lipinski definition) is 3. The van der Waals surface area contributed by atoms with Crippen molar-refractivity contribution in [1.82, 2.24) is 9.97 Å². The van der Waals surface area contributed by atoms with Crippen molar-refractivity contribution in [2.45, 2.75) is 25.2 Å². The van der Waals surface area contributed by atoms with E-state index < -0.39 is 0 Å². The molecule has 1 aromatic heterocycles. The average Bonchev–Trinajstić information content (AvgIpc) is 2.39. The van der Waals surface area contributed by atoms with Crippen LogP contribution < -0.4 is 5.73 Å². The molecule has 3 heteroatoms. The minimum atomic E-state index is 0.380. The number of anilines is 1. The van der Waals surface area contributed by atoms with E-state index in [9.17, 15) is 0 Å². The van der Waals surface area contributed by atoms with Crippen LogP contribution in [-0.2, 0) is 6.42 Å². The Morgan fingerprint density at radius 2 is 2.00 bits per heavy atom. The Morgan fingerprint density at radius 1 is 1.18 bits per heavy atom. The van der Waals surface area contributed by atoms with Gasteiger partial charge < -0.3 is 5.73 Å². The molecular weight excluding hydrogens is 210 g/mol. The van der Waals surface area contributed by atoms with Crippen molar-refractivity contribution in [2.75, 3.05) is 5.73 Å². The quantitative estimate of drug-likeness (QED) is 0.811. The summed E-state index contributed by atoms with van der Waals surface area (Å²) in [5.41, 5.74) is 9.40. The second-order valence-corrected chi connectivity index (χ2v) is 4.49. The number of rotatable bonds is 1. The SMILES string of the molecule is Nc1ncc2c(n1)C(c1ccccc1)CCC2. The van der Waals surface area contributed by atoms with E-state index >= 15 is 0 Å². The molecule has 2 N–H and O–H groups in total. The van der Waals surface area contributed by atoms with Gasteiger partial charge in [-0.2, -0.15) is 0 Å². The molecule has 0 saturated carbocycles. The zero-order chi connectivity index (χ0) is 11.7. The first-order chi connectivity index (χ1) is 8.34. The second-order valence-electron chi connectivity index (χ2n) is 4.49. The van der Waals surface area contributed by atoms with Gasteiger partial charge in [0.05, 0.1) is 5.69 Å². The number of nitrogens with two attached hydrogens (primary N) is 1. The maximum absolute atomic E-state index is 5.70. The van der Waals surface area contributed by atoms with Crippen LogP contribution in [0.2, 0.25) is 0 Å². The van der Waals surface area contributed by atoms with Gasteiger partial charge in [-0.05, 0) is 30.4 Å². The first-order valence-corrected chi connectivity index (χ1v) is 6.01. The number of aryl methyl sites for hydroxylation is 1. The van der Waals surface area contributed by atoms with E-state index in [1.165, 1.54) is 17.5 Å². The molecule has 0 amide bonds. The topological polar surface area (TPSA) is 51.8 Å². The van der Waals surface area contributed by atoms with Crippen molar-refractivity contribution in [3.05, 3.63) is 53.3 Å². The smallest absolute Gasteiger partial charge is 0.220 e. The highest BCUT2D eigenvalue weighted by Gasteiger charge is 2.23. The lowest BCUT2D eigenvalue weighted by Gasteiger charge is -2.24. The third-order valence-corrected chi connectivity index (χ3v) is 3.39. The van der Waals surface area contributed by atoms with Gasteiger partial charge in [0, 0.05) is 12.1 Å². The monoisotopic (exact) mass is 225 g/mol. The predicted octanol–water partition coefficient (Wildman–Crippen LogP) is 2.53. The van der Waals surface area contributed by atoms with Crippen LogP contribution in [0, 0.1) is 0 Å². The van der Waals surface area contributed by atoms with Crippen LogP contribution in [0.15, 0.2) is 36.5 Å². The first-order valence-electron chi connectivity index (χ1n) is 6.01. The summed E-state index contributed by atoms with van der Waals surface area (Å²) in [6, 6.07) is 10.5. The zero-order valence-corrected chi connectivity index (χ0v) is 9.63. The van der Waals surface area contributed by atoms with Gasteiger partial charge in [-0.1, -0.05) is 30.3 Å². The van der Waals surface area contributed by atoms with E-state index in [0.717, 1.165) is 18.5 Å². The van der Waals surface area contributed by atoms with E-state index in [-0.39, 0.29) is 0 Å². The summed E-state index contributed by atoms with van der Waals surface area (Å²) in [6.07, 6.45) is 5.29. The summed E-state index contributed by atoms with van der Waals surface area (Å²) in [5, 5.41) is 0. The van der Waals surface area contributed by atoms with Crippen LogP contribution >= 0.6 is 0 Å². The third kappa shape index (κ3) is 1.88. The molecular formula is C14H15N3. The molecule has 0 bridgehead atoms. The molecule has 3 rings (SSSR count). The van der Waals surface area contributed by atoms with E-state index in [1.807, 2.05) is 12.3 Å². The van der Waals surface area contributed by atoms with Crippen LogP contribution in [0.4, 0.5) is 5.95 Å². The van der Waals surface area contributed by atoms with Crippen molar-refractivity contribution >= 4 is 5.95 Å². The zero-order valence-electron chi connectivity index (χ0n) is 9.63. The fraction of sp³-hybridized carbons (Fsp3) is 0.286. The Hall–Kier alpha value is -1.90. The molecule has 1 atom stereocenters. The lowest BCUT2D eigenvalue weighted by molar-refractivity contribution is 0.596. The molecule has 1 heterocycles. The van der Waals surface area contributed by atoms with Gasteiger partial charge in [-0.15, -0.1) is 0 Å². The highest BCUT2D eigenvalue weighted by Crippen LogP contribution is 2.35. The minimum absolute atomic E-state index is 0.380. The molecule has 17 heavy (non-hydrogen) atoms. The Balaban J connectivity index is 2.08. The van der Waals surface area contributed by atoms with Crippen LogP contribution in [0.3, 0.4) is 0 Å². The van der Waals surface area contributed by atoms with Gasteiger partial charge in [0.25, 0.3) is 0 Å². The largest absolute Gasteiger partial charge is 0.368 e. The van der Waals surface area contributed by atoms with Crippen LogP contribution in [0.25, 0.3) is 0 Å². The molecule has 0 saturated heterocycles. The van der Waals surface area contributed by atoms with E-state index in [2.05, 4.69) is 34.2 Å². The lowest BCUT2D eigenvalue weighted by atomic mass is 9.83. The lowest BCUT2D eigenvalue weighted by Crippen LogP contribution is -2.15.